The molecule has 100 valence electrons. The number of aromatic carboxylic acids is 1. The molecule has 0 aliphatic rings. The lowest BCUT2D eigenvalue weighted by atomic mass is 9.81. The Morgan fingerprint density at radius 3 is 2.28 bits per heavy atom. The lowest BCUT2D eigenvalue weighted by Crippen LogP contribution is -2.52. The molecule has 0 bridgehead atoms. The second kappa shape index (κ2) is 4.76. The SMILES string of the molecule is CC(C)(O)C(C)(C)OB(O)c1ccc(C(=O)O)o1. The molecule has 0 saturated heterocycles. The van der Waals surface area contributed by atoms with Crippen LogP contribution in [0.3, 0.4) is 0 Å². The Bertz CT molecular complexity index is 431. The van der Waals surface area contributed by atoms with Gasteiger partial charge in [0.2, 0.25) is 5.76 Å². The minimum Gasteiger partial charge on any atom is -0.475 e. The predicted molar refractivity (Wildman–Crippen MR) is 64.7 cm³/mol. The number of carbonyl (C=O) groups is 1. The standard InChI is InChI=1S/C11H17BO6/c1-10(2,15)11(3,4)18-12(16)8-6-5-7(17-8)9(13)14/h5-6,15-16H,1-4H3,(H,13,14). The van der Waals surface area contributed by atoms with Crippen molar-refractivity contribution in [2.24, 2.45) is 0 Å². The first-order valence-electron chi connectivity index (χ1n) is 5.46. The van der Waals surface area contributed by atoms with Crippen LogP contribution in [-0.4, -0.2) is 39.5 Å². The maximum Gasteiger partial charge on any atom is 0.529 e. The van der Waals surface area contributed by atoms with Crippen LogP contribution in [0.15, 0.2) is 16.5 Å². The molecular weight excluding hydrogens is 239 g/mol. The fourth-order valence-corrected chi connectivity index (χ4v) is 1.08. The molecule has 0 radical (unpaired) electrons. The fraction of sp³-hybridized carbons (Fsp3) is 0.545. The highest BCUT2D eigenvalue weighted by molar-refractivity contribution is 6.58. The van der Waals surface area contributed by atoms with Gasteiger partial charge in [0.1, 0.15) is 5.66 Å². The van der Waals surface area contributed by atoms with E-state index >= 15 is 0 Å². The van der Waals surface area contributed by atoms with E-state index in [0.717, 1.165) is 0 Å². The summed E-state index contributed by atoms with van der Waals surface area (Å²) in [4.78, 5) is 10.6. The van der Waals surface area contributed by atoms with Crippen LogP contribution in [0, 0.1) is 0 Å². The zero-order valence-electron chi connectivity index (χ0n) is 10.8. The summed E-state index contributed by atoms with van der Waals surface area (Å²) >= 11 is 0. The van der Waals surface area contributed by atoms with Gasteiger partial charge in [-0.1, -0.05) is 0 Å². The number of rotatable bonds is 5. The van der Waals surface area contributed by atoms with Gasteiger partial charge in [0.15, 0.2) is 0 Å². The first-order valence-corrected chi connectivity index (χ1v) is 5.46. The lowest BCUT2D eigenvalue weighted by Gasteiger charge is -2.38. The molecule has 6 nitrogen and oxygen atoms in total. The van der Waals surface area contributed by atoms with Crippen LogP contribution in [0.25, 0.3) is 0 Å². The topological polar surface area (TPSA) is 100 Å². The molecule has 0 aromatic carbocycles. The van der Waals surface area contributed by atoms with Crippen molar-refractivity contribution < 1.29 is 29.1 Å². The molecule has 0 aliphatic carbocycles. The fourth-order valence-electron chi connectivity index (χ4n) is 1.08. The van der Waals surface area contributed by atoms with Crippen LogP contribution in [0.1, 0.15) is 38.2 Å². The molecule has 0 aliphatic heterocycles. The highest BCUT2D eigenvalue weighted by atomic mass is 16.6. The van der Waals surface area contributed by atoms with Crippen LogP contribution in [0.5, 0.6) is 0 Å². The molecule has 18 heavy (non-hydrogen) atoms. The van der Waals surface area contributed by atoms with Crippen molar-refractivity contribution >= 4 is 18.7 Å². The van der Waals surface area contributed by atoms with Crippen molar-refractivity contribution in [2.75, 3.05) is 0 Å². The molecule has 0 fully saturated rings. The Morgan fingerprint density at radius 1 is 1.33 bits per heavy atom. The van der Waals surface area contributed by atoms with Gasteiger partial charge in [-0.05, 0) is 39.8 Å². The van der Waals surface area contributed by atoms with Crippen molar-refractivity contribution in [3.05, 3.63) is 17.9 Å². The molecule has 1 aromatic rings. The van der Waals surface area contributed by atoms with E-state index in [-0.39, 0.29) is 11.4 Å². The number of carboxylic acids is 1. The van der Waals surface area contributed by atoms with Gasteiger partial charge in [0.25, 0.3) is 0 Å². The third kappa shape index (κ3) is 3.13. The van der Waals surface area contributed by atoms with Crippen molar-refractivity contribution in [3.8, 4) is 0 Å². The molecule has 3 N–H and O–H groups in total. The number of aliphatic hydroxyl groups is 1. The molecule has 7 heteroatoms. The van der Waals surface area contributed by atoms with Gasteiger partial charge in [-0.15, -0.1) is 0 Å². The van der Waals surface area contributed by atoms with E-state index in [1.807, 2.05) is 0 Å². The average Bonchev–Trinajstić information content (AvgIpc) is 2.63. The first kappa shape index (κ1) is 14.8. The van der Waals surface area contributed by atoms with Crippen molar-refractivity contribution in [3.63, 3.8) is 0 Å². The summed E-state index contributed by atoms with van der Waals surface area (Å²) in [5.74, 6) is -1.51. The molecule has 1 aromatic heterocycles. The van der Waals surface area contributed by atoms with E-state index in [4.69, 9.17) is 14.2 Å². The van der Waals surface area contributed by atoms with Gasteiger partial charge in [-0.3, -0.25) is 0 Å². The molecule has 0 spiro atoms. The maximum atomic E-state index is 10.6. The third-order valence-corrected chi connectivity index (χ3v) is 2.96. The summed E-state index contributed by atoms with van der Waals surface area (Å²) in [6, 6.07) is 2.54. The number of furan rings is 1. The summed E-state index contributed by atoms with van der Waals surface area (Å²) in [6.07, 6.45) is 0. The van der Waals surface area contributed by atoms with Gasteiger partial charge in [0, 0.05) is 0 Å². The van der Waals surface area contributed by atoms with Crippen LogP contribution < -0.4 is 5.66 Å². The van der Waals surface area contributed by atoms with Crippen molar-refractivity contribution in [1.29, 1.82) is 0 Å². The smallest absolute Gasteiger partial charge is 0.475 e. The maximum absolute atomic E-state index is 10.6. The highest BCUT2D eigenvalue weighted by Crippen LogP contribution is 2.25. The number of carboxylic acid groups (broad SMARTS) is 1. The quantitative estimate of drug-likeness (QED) is 0.652. The van der Waals surface area contributed by atoms with Gasteiger partial charge < -0.3 is 24.3 Å². The number of hydrogen-bond donors (Lipinski definition) is 3. The molecule has 0 atom stereocenters. The Labute approximate surface area is 105 Å². The summed E-state index contributed by atoms with van der Waals surface area (Å²) < 4.78 is 10.2. The molecular formula is C11H17BO6. The largest absolute Gasteiger partial charge is 0.529 e. The Kier molecular flexibility index (Phi) is 3.90. The van der Waals surface area contributed by atoms with Gasteiger partial charge in [-0.2, -0.15) is 0 Å². The Morgan fingerprint density at radius 2 is 1.89 bits per heavy atom. The van der Waals surface area contributed by atoms with E-state index in [9.17, 15) is 14.9 Å². The van der Waals surface area contributed by atoms with Gasteiger partial charge in [0.05, 0.1) is 11.2 Å². The van der Waals surface area contributed by atoms with E-state index in [2.05, 4.69) is 0 Å². The Balaban J connectivity index is 2.82. The average molecular weight is 256 g/mol. The lowest BCUT2D eigenvalue weighted by molar-refractivity contribution is -0.0986. The summed E-state index contributed by atoms with van der Waals surface area (Å²) in [5, 5.41) is 28.4. The van der Waals surface area contributed by atoms with Gasteiger partial charge >= 0.3 is 13.1 Å². The molecule has 1 rings (SSSR count). The second-order valence-electron chi connectivity index (χ2n) is 5.05. The van der Waals surface area contributed by atoms with E-state index in [1.165, 1.54) is 12.1 Å². The minimum absolute atomic E-state index is 0.0234. The van der Waals surface area contributed by atoms with Crippen LogP contribution in [0.2, 0.25) is 0 Å². The highest BCUT2D eigenvalue weighted by Gasteiger charge is 2.40. The van der Waals surface area contributed by atoms with Gasteiger partial charge in [-0.25, -0.2) is 4.79 Å². The summed E-state index contributed by atoms with van der Waals surface area (Å²) in [5.41, 5.74) is -2.25. The van der Waals surface area contributed by atoms with E-state index in [0.29, 0.717) is 0 Å². The Hall–Kier alpha value is -1.31. The van der Waals surface area contributed by atoms with Crippen LogP contribution in [0.4, 0.5) is 0 Å². The zero-order valence-corrected chi connectivity index (χ0v) is 10.8. The third-order valence-electron chi connectivity index (χ3n) is 2.96. The monoisotopic (exact) mass is 256 g/mol. The molecule has 0 unspecified atom stereocenters. The molecule has 0 saturated carbocycles. The molecule has 1 heterocycles. The summed E-state index contributed by atoms with van der Waals surface area (Å²) in [6.45, 7) is 6.31. The van der Waals surface area contributed by atoms with Crippen LogP contribution >= 0.6 is 0 Å². The van der Waals surface area contributed by atoms with E-state index < -0.39 is 24.3 Å². The zero-order chi connectivity index (χ0) is 14.1. The predicted octanol–water partition coefficient (Wildman–Crippen LogP) is 0.231. The second-order valence-corrected chi connectivity index (χ2v) is 5.05. The molecule has 0 amide bonds. The van der Waals surface area contributed by atoms with Crippen LogP contribution in [-0.2, 0) is 4.65 Å². The summed E-state index contributed by atoms with van der Waals surface area (Å²) in [7, 11) is -1.44. The van der Waals surface area contributed by atoms with Crippen molar-refractivity contribution in [1.82, 2.24) is 0 Å². The van der Waals surface area contributed by atoms with E-state index in [1.54, 1.807) is 27.7 Å². The first-order chi connectivity index (χ1) is 8.04. The minimum atomic E-state index is -1.44. The van der Waals surface area contributed by atoms with Crippen molar-refractivity contribution in [2.45, 2.75) is 38.9 Å². The number of hydrogen-bond acceptors (Lipinski definition) is 5. The normalized spacial score (nSPS) is 12.6.